The SMILES string of the molecule is CC/C=C\C=C/C(=O)N/C=C/C[C@H]1C[C@H]2C[C@H](O[C@@H]3O[C@H](CO)[C@@H](O)[C@H](O)[C@H]3NC(C)=O)C[C@H](Cc3cccc(O)c3C(=O)O1)O2. The van der Waals surface area contributed by atoms with Crippen LogP contribution in [0.3, 0.4) is 0 Å². The summed E-state index contributed by atoms with van der Waals surface area (Å²) in [5.41, 5.74) is 0.579. The molecule has 3 aliphatic heterocycles. The zero-order valence-corrected chi connectivity index (χ0v) is 26.0. The third-order valence-electron chi connectivity index (χ3n) is 8.07. The number of ether oxygens (including phenoxy) is 4. The van der Waals surface area contributed by atoms with Gasteiger partial charge in [0.25, 0.3) is 0 Å². The molecule has 13 nitrogen and oxygen atoms in total. The molecule has 4 rings (SSSR count). The van der Waals surface area contributed by atoms with Crippen molar-refractivity contribution in [3.05, 3.63) is 65.9 Å². The first-order valence-corrected chi connectivity index (χ1v) is 15.6. The number of cyclic esters (lactones) is 1. The Bertz CT molecular complexity index is 1300. The highest BCUT2D eigenvalue weighted by atomic mass is 16.7. The van der Waals surface area contributed by atoms with Gasteiger partial charge in [0.1, 0.15) is 41.8 Å². The fraction of sp³-hybridized carbons (Fsp3) is 0.545. The van der Waals surface area contributed by atoms with Crippen molar-refractivity contribution < 1.29 is 53.8 Å². The van der Waals surface area contributed by atoms with Crippen molar-refractivity contribution in [3.8, 4) is 5.75 Å². The number of phenols is 1. The molecule has 0 saturated carbocycles. The highest BCUT2D eigenvalue weighted by molar-refractivity contribution is 5.94. The molecular formula is C33H44N2O11. The summed E-state index contributed by atoms with van der Waals surface area (Å²) in [7, 11) is 0. The van der Waals surface area contributed by atoms with Gasteiger partial charge in [-0.15, -0.1) is 0 Å². The van der Waals surface area contributed by atoms with E-state index in [0.29, 0.717) is 18.4 Å². The maximum Gasteiger partial charge on any atom is 0.342 e. The third-order valence-corrected chi connectivity index (χ3v) is 8.07. The van der Waals surface area contributed by atoms with E-state index in [4.69, 9.17) is 18.9 Å². The van der Waals surface area contributed by atoms with Crippen LogP contribution in [0.15, 0.2) is 54.8 Å². The molecule has 9 atom stereocenters. The van der Waals surface area contributed by atoms with Crippen LogP contribution in [0.1, 0.15) is 61.9 Å². The lowest BCUT2D eigenvalue weighted by molar-refractivity contribution is -0.291. The lowest BCUT2D eigenvalue weighted by Gasteiger charge is -2.45. The van der Waals surface area contributed by atoms with E-state index in [1.165, 1.54) is 25.3 Å². The van der Waals surface area contributed by atoms with Gasteiger partial charge in [0.15, 0.2) is 6.29 Å². The Morgan fingerprint density at radius 2 is 1.85 bits per heavy atom. The van der Waals surface area contributed by atoms with E-state index in [1.54, 1.807) is 30.4 Å². The minimum absolute atomic E-state index is 0.0457. The molecule has 13 heteroatoms. The fourth-order valence-electron chi connectivity index (χ4n) is 5.94. The van der Waals surface area contributed by atoms with Gasteiger partial charge in [0, 0.05) is 44.9 Å². The van der Waals surface area contributed by atoms with Crippen molar-refractivity contribution in [2.45, 2.75) is 107 Å². The summed E-state index contributed by atoms with van der Waals surface area (Å²) in [5, 5.41) is 46.7. The summed E-state index contributed by atoms with van der Waals surface area (Å²) in [5.74, 6) is -1.66. The Morgan fingerprint density at radius 3 is 2.59 bits per heavy atom. The van der Waals surface area contributed by atoms with Gasteiger partial charge in [0.2, 0.25) is 11.8 Å². The summed E-state index contributed by atoms with van der Waals surface area (Å²) >= 11 is 0. The molecule has 3 heterocycles. The Hall–Kier alpha value is -3.59. The molecule has 252 valence electrons. The molecule has 1 aromatic carbocycles. The van der Waals surface area contributed by atoms with Gasteiger partial charge in [-0.1, -0.05) is 43.4 Å². The third kappa shape index (κ3) is 9.47. The molecule has 3 aliphatic rings. The Kier molecular flexibility index (Phi) is 12.9. The Morgan fingerprint density at radius 1 is 1.07 bits per heavy atom. The number of aliphatic hydroxyl groups is 3. The molecule has 2 amide bonds. The topological polar surface area (TPSA) is 193 Å². The first kappa shape index (κ1) is 35.3. The lowest BCUT2D eigenvalue weighted by atomic mass is 9.90. The van der Waals surface area contributed by atoms with Gasteiger partial charge in [-0.2, -0.15) is 0 Å². The summed E-state index contributed by atoms with van der Waals surface area (Å²) in [6.45, 7) is 2.69. The quantitative estimate of drug-likeness (QED) is 0.122. The van der Waals surface area contributed by atoms with Crippen LogP contribution in [0, 0.1) is 0 Å². The van der Waals surface area contributed by atoms with Crippen molar-refractivity contribution in [2.24, 2.45) is 0 Å². The minimum Gasteiger partial charge on any atom is -0.507 e. The number of hydrogen-bond acceptors (Lipinski definition) is 11. The highest BCUT2D eigenvalue weighted by Crippen LogP contribution is 2.34. The van der Waals surface area contributed by atoms with E-state index >= 15 is 0 Å². The van der Waals surface area contributed by atoms with E-state index in [1.807, 2.05) is 13.0 Å². The molecule has 46 heavy (non-hydrogen) atoms. The van der Waals surface area contributed by atoms with Crippen molar-refractivity contribution in [1.29, 1.82) is 0 Å². The summed E-state index contributed by atoms with van der Waals surface area (Å²) in [6.07, 6.45) is 4.94. The van der Waals surface area contributed by atoms with Gasteiger partial charge >= 0.3 is 5.97 Å². The normalized spacial score (nSPS) is 31.8. The van der Waals surface area contributed by atoms with Crippen molar-refractivity contribution in [3.63, 3.8) is 0 Å². The second-order valence-corrected chi connectivity index (χ2v) is 11.7. The number of esters is 1. The van der Waals surface area contributed by atoms with Gasteiger partial charge in [-0.05, 0) is 24.5 Å². The van der Waals surface area contributed by atoms with Gasteiger partial charge in [-0.3, -0.25) is 9.59 Å². The first-order chi connectivity index (χ1) is 22.1. The molecule has 0 aliphatic carbocycles. The summed E-state index contributed by atoms with van der Waals surface area (Å²) in [4.78, 5) is 37.3. The molecule has 6 N–H and O–H groups in total. The molecule has 2 fully saturated rings. The second kappa shape index (κ2) is 16.8. The smallest absolute Gasteiger partial charge is 0.342 e. The standard InChI is InChI=1S/C33H44N2O11/c1-3-4-5-6-12-27(39)34-13-8-10-21-15-23-17-24(45-33-29(35-19(2)37)31(41)30(40)26(18-36)46-33)16-22(43-23)14-20-9-7-11-25(38)28(20)32(42)44-21/h4-9,11-13,21-24,26,29-31,33,36,38,40-41H,3,10,14-18H2,1-2H3,(H,34,39)(H,35,37)/b5-4-,12-6-,13-8+/t21-,22-,23-,24+,26+,29+,30+,31+,33+/m0/s1. The number of aliphatic hydroxyl groups excluding tert-OH is 3. The number of aromatic hydroxyl groups is 1. The van der Waals surface area contributed by atoms with E-state index in [-0.39, 0.29) is 36.5 Å². The Labute approximate surface area is 267 Å². The number of fused-ring (bicyclic) bond motifs is 3. The number of hydrogen-bond donors (Lipinski definition) is 6. The number of benzene rings is 1. The zero-order valence-electron chi connectivity index (χ0n) is 26.0. The van der Waals surface area contributed by atoms with Crippen LogP contribution in [-0.2, 0) is 35.0 Å². The van der Waals surface area contributed by atoms with E-state index in [2.05, 4.69) is 10.6 Å². The molecular weight excluding hydrogens is 600 g/mol. The average molecular weight is 645 g/mol. The number of allylic oxidation sites excluding steroid dienone is 3. The van der Waals surface area contributed by atoms with E-state index < -0.39 is 73.5 Å². The predicted octanol–water partition coefficient (Wildman–Crippen LogP) is 1.28. The molecule has 0 spiro atoms. The van der Waals surface area contributed by atoms with Gasteiger partial charge in [-0.25, -0.2) is 4.79 Å². The van der Waals surface area contributed by atoms with Crippen LogP contribution >= 0.6 is 0 Å². The molecule has 2 saturated heterocycles. The van der Waals surface area contributed by atoms with Crippen LogP contribution in [0.4, 0.5) is 0 Å². The molecule has 0 aromatic heterocycles. The number of rotatable bonds is 10. The predicted molar refractivity (Wildman–Crippen MR) is 164 cm³/mol. The van der Waals surface area contributed by atoms with Crippen LogP contribution in [0.2, 0.25) is 0 Å². The minimum atomic E-state index is -1.45. The molecule has 1 aromatic rings. The number of phenolic OH excluding ortho intramolecular Hbond substituents is 1. The average Bonchev–Trinajstić information content (AvgIpc) is 3.00. The first-order valence-electron chi connectivity index (χ1n) is 15.6. The lowest BCUT2D eigenvalue weighted by Crippen LogP contribution is -2.65. The molecule has 0 unspecified atom stereocenters. The van der Waals surface area contributed by atoms with Gasteiger partial charge < -0.3 is 50.0 Å². The number of carbonyl (C=O) groups excluding carboxylic acids is 3. The zero-order chi connectivity index (χ0) is 33.2. The van der Waals surface area contributed by atoms with E-state index in [0.717, 1.165) is 6.42 Å². The van der Waals surface area contributed by atoms with Crippen molar-refractivity contribution >= 4 is 17.8 Å². The highest BCUT2D eigenvalue weighted by Gasteiger charge is 2.47. The van der Waals surface area contributed by atoms with Crippen LogP contribution in [0.5, 0.6) is 5.75 Å². The Balaban J connectivity index is 1.53. The second-order valence-electron chi connectivity index (χ2n) is 11.7. The number of amides is 2. The molecule has 0 radical (unpaired) electrons. The fourth-order valence-corrected chi connectivity index (χ4v) is 5.94. The van der Waals surface area contributed by atoms with Crippen molar-refractivity contribution in [1.82, 2.24) is 10.6 Å². The van der Waals surface area contributed by atoms with Crippen LogP contribution in [-0.4, -0.2) is 99.9 Å². The summed E-state index contributed by atoms with van der Waals surface area (Å²) < 4.78 is 24.4. The van der Waals surface area contributed by atoms with Gasteiger partial charge in [0.05, 0.1) is 24.9 Å². The molecule has 2 bridgehead atoms. The monoisotopic (exact) mass is 644 g/mol. The van der Waals surface area contributed by atoms with E-state index in [9.17, 15) is 34.8 Å². The van der Waals surface area contributed by atoms with Crippen LogP contribution in [0.25, 0.3) is 0 Å². The van der Waals surface area contributed by atoms with Crippen LogP contribution < -0.4 is 10.6 Å². The largest absolute Gasteiger partial charge is 0.507 e. The maximum absolute atomic E-state index is 13.3. The van der Waals surface area contributed by atoms with Crippen molar-refractivity contribution in [2.75, 3.05) is 6.61 Å². The maximum atomic E-state index is 13.3. The number of carbonyl (C=O) groups is 3. The summed E-state index contributed by atoms with van der Waals surface area (Å²) in [6, 6.07) is 3.66. The number of nitrogens with one attached hydrogen (secondary N) is 2.